The molecule has 2 aromatic rings. The molecule has 152 valence electrons. The van der Waals surface area contributed by atoms with Gasteiger partial charge in [0.25, 0.3) is 0 Å². The minimum Gasteiger partial charge on any atom is -0.361 e. The zero-order chi connectivity index (χ0) is 19.6. The van der Waals surface area contributed by atoms with Gasteiger partial charge in [0.05, 0.1) is 18.1 Å². The van der Waals surface area contributed by atoms with Crippen LogP contribution in [0.15, 0.2) is 30.5 Å². The van der Waals surface area contributed by atoms with E-state index in [1.165, 1.54) is 10.9 Å². The van der Waals surface area contributed by atoms with Crippen molar-refractivity contribution in [1.29, 1.82) is 0 Å². The number of hydrogen-bond donors (Lipinski definition) is 2. The summed E-state index contributed by atoms with van der Waals surface area (Å²) >= 11 is 0. The summed E-state index contributed by atoms with van der Waals surface area (Å²) in [5.74, 6) is 0.662. The first kappa shape index (κ1) is 19.4. The van der Waals surface area contributed by atoms with Gasteiger partial charge in [0, 0.05) is 55.9 Å². The molecule has 2 saturated heterocycles. The second kappa shape index (κ2) is 8.23. The van der Waals surface area contributed by atoms with Gasteiger partial charge in [-0.05, 0) is 24.5 Å². The van der Waals surface area contributed by atoms with Crippen LogP contribution in [0.2, 0.25) is 0 Å². The van der Waals surface area contributed by atoms with Gasteiger partial charge in [0.2, 0.25) is 5.91 Å². The minimum atomic E-state index is -2.84. The number of nitrogens with zero attached hydrogens (tertiary/aromatic N) is 2. The molecule has 7 nitrogen and oxygen atoms in total. The normalized spacial score (nSPS) is 23.2. The van der Waals surface area contributed by atoms with Crippen molar-refractivity contribution < 1.29 is 13.2 Å². The van der Waals surface area contributed by atoms with Gasteiger partial charge in [-0.3, -0.25) is 14.6 Å². The summed E-state index contributed by atoms with van der Waals surface area (Å²) in [6, 6.07) is 8.35. The first-order chi connectivity index (χ1) is 13.5. The molecule has 1 amide bonds. The van der Waals surface area contributed by atoms with E-state index in [0.29, 0.717) is 24.6 Å². The predicted octanol–water partition coefficient (Wildman–Crippen LogP) is 0.631. The number of nitrogens with one attached hydrogen (secondary N) is 2. The Bertz CT molecular complexity index is 932. The number of piperazine rings is 1. The number of rotatable bonds is 6. The molecule has 0 spiro atoms. The predicted molar refractivity (Wildman–Crippen MR) is 110 cm³/mol. The van der Waals surface area contributed by atoms with Crippen LogP contribution >= 0.6 is 0 Å². The molecule has 4 rings (SSSR count). The van der Waals surface area contributed by atoms with Gasteiger partial charge in [0.15, 0.2) is 9.84 Å². The van der Waals surface area contributed by atoms with E-state index in [-0.39, 0.29) is 11.9 Å². The Balaban J connectivity index is 1.18. The highest BCUT2D eigenvalue weighted by Gasteiger charge is 2.33. The van der Waals surface area contributed by atoms with Crippen LogP contribution < -0.4 is 5.32 Å². The van der Waals surface area contributed by atoms with E-state index in [4.69, 9.17) is 0 Å². The molecule has 2 N–H and O–H groups in total. The van der Waals surface area contributed by atoms with Crippen LogP contribution in [-0.2, 0) is 21.1 Å². The molecule has 28 heavy (non-hydrogen) atoms. The number of fused-ring (bicyclic) bond motifs is 1. The number of carbonyl (C=O) groups excluding carboxylic acids is 1. The summed E-state index contributed by atoms with van der Waals surface area (Å²) in [4.78, 5) is 20.0. The number of H-pyrrole nitrogens is 1. The van der Waals surface area contributed by atoms with E-state index in [0.717, 1.165) is 44.5 Å². The summed E-state index contributed by atoms with van der Waals surface area (Å²) in [6.07, 6.45) is 3.57. The van der Waals surface area contributed by atoms with Crippen molar-refractivity contribution in [3.05, 3.63) is 36.0 Å². The molecule has 1 atom stereocenters. The third-order valence-corrected chi connectivity index (χ3v) is 7.64. The highest BCUT2D eigenvalue weighted by Crippen LogP contribution is 2.19. The van der Waals surface area contributed by atoms with Gasteiger partial charge >= 0.3 is 0 Å². The highest BCUT2D eigenvalue weighted by molar-refractivity contribution is 7.91. The Morgan fingerprint density at radius 2 is 1.96 bits per heavy atom. The molecule has 0 radical (unpaired) electrons. The lowest BCUT2D eigenvalue weighted by Gasteiger charge is -2.37. The molecule has 2 aliphatic rings. The third kappa shape index (κ3) is 4.56. The van der Waals surface area contributed by atoms with Crippen molar-refractivity contribution >= 4 is 26.6 Å². The number of para-hydroxylation sites is 1. The lowest BCUT2D eigenvalue weighted by atomic mass is 10.1. The smallest absolute Gasteiger partial charge is 0.234 e. The van der Waals surface area contributed by atoms with Crippen molar-refractivity contribution in [2.45, 2.75) is 18.9 Å². The largest absolute Gasteiger partial charge is 0.361 e. The molecule has 1 aromatic heterocycles. The topological polar surface area (TPSA) is 85.5 Å². The number of benzene rings is 1. The molecule has 3 heterocycles. The number of amides is 1. The molecule has 2 aliphatic heterocycles. The zero-order valence-electron chi connectivity index (χ0n) is 16.1. The number of aromatic amines is 1. The molecule has 0 unspecified atom stereocenters. The van der Waals surface area contributed by atoms with Crippen LogP contribution in [0.4, 0.5) is 0 Å². The fraction of sp³-hybridized carbons (Fsp3) is 0.550. The van der Waals surface area contributed by atoms with E-state index in [1.54, 1.807) is 0 Å². The van der Waals surface area contributed by atoms with E-state index < -0.39 is 9.84 Å². The molecular formula is C20H28N4O3S. The van der Waals surface area contributed by atoms with Crippen molar-refractivity contribution in [3.8, 4) is 0 Å². The van der Waals surface area contributed by atoms with Gasteiger partial charge in [-0.2, -0.15) is 0 Å². The fourth-order valence-corrected chi connectivity index (χ4v) is 6.05. The highest BCUT2D eigenvalue weighted by atomic mass is 32.2. The van der Waals surface area contributed by atoms with Crippen molar-refractivity contribution in [2.24, 2.45) is 0 Å². The number of aromatic nitrogens is 1. The van der Waals surface area contributed by atoms with Crippen LogP contribution in [-0.4, -0.2) is 85.9 Å². The van der Waals surface area contributed by atoms with Gasteiger partial charge < -0.3 is 10.3 Å². The Morgan fingerprint density at radius 3 is 2.71 bits per heavy atom. The summed E-state index contributed by atoms with van der Waals surface area (Å²) in [5, 5.41) is 4.23. The number of hydrogen-bond acceptors (Lipinski definition) is 5. The van der Waals surface area contributed by atoms with E-state index in [2.05, 4.69) is 32.2 Å². The minimum absolute atomic E-state index is 0.0525. The maximum Gasteiger partial charge on any atom is 0.234 e. The summed E-state index contributed by atoms with van der Waals surface area (Å²) in [7, 11) is -2.84. The zero-order valence-corrected chi connectivity index (χ0v) is 16.9. The molecule has 0 saturated carbocycles. The molecule has 0 aliphatic carbocycles. The first-order valence-electron chi connectivity index (χ1n) is 9.99. The molecule has 0 bridgehead atoms. The summed E-state index contributed by atoms with van der Waals surface area (Å²) in [6.45, 7) is 4.33. The van der Waals surface area contributed by atoms with Crippen LogP contribution in [0.1, 0.15) is 12.0 Å². The molecular weight excluding hydrogens is 376 g/mol. The van der Waals surface area contributed by atoms with Crippen LogP contribution in [0, 0.1) is 0 Å². The maximum absolute atomic E-state index is 12.3. The lowest BCUT2D eigenvalue weighted by Crippen LogP contribution is -2.52. The average molecular weight is 405 g/mol. The fourth-order valence-electron chi connectivity index (χ4n) is 4.28. The Morgan fingerprint density at radius 1 is 1.18 bits per heavy atom. The molecule has 2 fully saturated rings. The third-order valence-electron chi connectivity index (χ3n) is 5.89. The second-order valence-electron chi connectivity index (χ2n) is 7.83. The van der Waals surface area contributed by atoms with Gasteiger partial charge in [-0.25, -0.2) is 8.42 Å². The second-order valence-corrected chi connectivity index (χ2v) is 10.1. The number of carbonyl (C=O) groups is 1. The van der Waals surface area contributed by atoms with Crippen LogP contribution in [0.3, 0.4) is 0 Å². The van der Waals surface area contributed by atoms with E-state index >= 15 is 0 Å². The standard InChI is InChI=1S/C20H28N4O3S/c25-20(21-7-5-16-13-22-19-4-2-1-3-18(16)19)14-23-8-10-24(11-9-23)17-6-12-28(26,27)15-17/h1-4,13,17,22H,5-12,14-15H2,(H,21,25)/t17-/m1/s1. The SMILES string of the molecule is O=C(CN1CCN([C@@H]2CCS(=O)(=O)C2)CC1)NCCc1c[nH]c2ccccc12. The average Bonchev–Trinajstić information content (AvgIpc) is 3.26. The molecule has 8 heteroatoms. The van der Waals surface area contributed by atoms with Crippen molar-refractivity contribution in [3.63, 3.8) is 0 Å². The quantitative estimate of drug-likeness (QED) is 0.738. The molecule has 1 aromatic carbocycles. The van der Waals surface area contributed by atoms with E-state index in [1.807, 2.05) is 18.3 Å². The van der Waals surface area contributed by atoms with Gasteiger partial charge in [0.1, 0.15) is 0 Å². The maximum atomic E-state index is 12.3. The Kier molecular flexibility index (Phi) is 5.70. The summed E-state index contributed by atoms with van der Waals surface area (Å²) in [5.41, 5.74) is 2.34. The Hall–Kier alpha value is -1.90. The summed E-state index contributed by atoms with van der Waals surface area (Å²) < 4.78 is 23.3. The van der Waals surface area contributed by atoms with E-state index in [9.17, 15) is 13.2 Å². The van der Waals surface area contributed by atoms with Crippen LogP contribution in [0.5, 0.6) is 0 Å². The lowest BCUT2D eigenvalue weighted by molar-refractivity contribution is -0.122. The monoisotopic (exact) mass is 404 g/mol. The van der Waals surface area contributed by atoms with Crippen molar-refractivity contribution in [2.75, 3.05) is 50.8 Å². The van der Waals surface area contributed by atoms with Crippen molar-refractivity contribution in [1.82, 2.24) is 20.1 Å². The Labute approximate surface area is 166 Å². The first-order valence-corrected chi connectivity index (χ1v) is 11.8. The van der Waals surface area contributed by atoms with Gasteiger partial charge in [-0.15, -0.1) is 0 Å². The van der Waals surface area contributed by atoms with Crippen LogP contribution in [0.25, 0.3) is 10.9 Å². The number of sulfone groups is 1. The van der Waals surface area contributed by atoms with Gasteiger partial charge in [-0.1, -0.05) is 18.2 Å².